The zero-order valence-electron chi connectivity index (χ0n) is 12.1. The number of carbonyl (C=O) groups excluding carboxylic acids is 1. The summed E-state index contributed by atoms with van der Waals surface area (Å²) < 4.78 is 5.00. The number of nitrogens with zero attached hydrogens (tertiary/aromatic N) is 2. The molecule has 1 atom stereocenters. The van der Waals surface area contributed by atoms with E-state index in [0.717, 1.165) is 5.56 Å². The molecule has 0 unspecified atom stereocenters. The monoisotopic (exact) mass is 307 g/mol. The Labute approximate surface area is 128 Å². The molecule has 0 aliphatic rings. The van der Waals surface area contributed by atoms with Gasteiger partial charge in [0.25, 0.3) is 0 Å². The van der Waals surface area contributed by atoms with Crippen LogP contribution < -0.4 is 5.32 Å². The first-order valence-corrected chi connectivity index (χ1v) is 7.26. The van der Waals surface area contributed by atoms with Gasteiger partial charge < -0.3 is 9.84 Å². The first kappa shape index (κ1) is 15.5. The Morgan fingerprint density at radius 3 is 2.71 bits per heavy atom. The van der Waals surface area contributed by atoms with Crippen LogP contribution in [0.15, 0.2) is 28.8 Å². The number of aryl methyl sites for hydroxylation is 2. The molecule has 21 heavy (non-hydrogen) atoms. The molecule has 5 nitrogen and oxygen atoms in total. The van der Waals surface area contributed by atoms with E-state index in [1.165, 1.54) is 0 Å². The first-order valence-electron chi connectivity index (χ1n) is 6.88. The lowest BCUT2D eigenvalue weighted by atomic mass is 10.1. The molecule has 2 rings (SSSR count). The van der Waals surface area contributed by atoms with Gasteiger partial charge in [-0.15, -0.1) is 0 Å². The number of halogens is 1. The highest BCUT2D eigenvalue weighted by molar-refractivity contribution is 6.30. The maximum atomic E-state index is 11.9. The van der Waals surface area contributed by atoms with Crippen LogP contribution in [0, 0.1) is 6.92 Å². The fourth-order valence-electron chi connectivity index (χ4n) is 1.99. The van der Waals surface area contributed by atoms with Gasteiger partial charge in [-0.25, -0.2) is 0 Å². The van der Waals surface area contributed by atoms with Gasteiger partial charge in [0.1, 0.15) is 0 Å². The van der Waals surface area contributed by atoms with E-state index in [0.29, 0.717) is 36.0 Å². The molecule has 0 spiro atoms. The van der Waals surface area contributed by atoms with Crippen LogP contribution in [0.1, 0.15) is 43.1 Å². The summed E-state index contributed by atoms with van der Waals surface area (Å²) in [5.74, 6) is 1.20. The van der Waals surface area contributed by atoms with Gasteiger partial charge in [-0.05, 0) is 38.0 Å². The predicted molar refractivity (Wildman–Crippen MR) is 80.0 cm³/mol. The van der Waals surface area contributed by atoms with E-state index in [1.807, 2.05) is 31.2 Å². The Morgan fingerprint density at radius 1 is 1.38 bits per heavy atom. The van der Waals surface area contributed by atoms with Gasteiger partial charge in [-0.3, -0.25) is 4.79 Å². The van der Waals surface area contributed by atoms with E-state index in [2.05, 4.69) is 15.5 Å². The smallest absolute Gasteiger partial charge is 0.226 e. The van der Waals surface area contributed by atoms with E-state index in [-0.39, 0.29) is 11.9 Å². The van der Waals surface area contributed by atoms with Crippen molar-refractivity contribution in [1.29, 1.82) is 0 Å². The van der Waals surface area contributed by atoms with Crippen LogP contribution in [0.5, 0.6) is 0 Å². The number of aromatic nitrogens is 2. The van der Waals surface area contributed by atoms with E-state index in [9.17, 15) is 4.79 Å². The number of carbonyl (C=O) groups is 1. The van der Waals surface area contributed by atoms with Crippen molar-refractivity contribution in [2.75, 3.05) is 0 Å². The molecule has 0 saturated carbocycles. The summed E-state index contributed by atoms with van der Waals surface area (Å²) >= 11 is 5.84. The highest BCUT2D eigenvalue weighted by Gasteiger charge is 2.10. The van der Waals surface area contributed by atoms with E-state index < -0.39 is 0 Å². The summed E-state index contributed by atoms with van der Waals surface area (Å²) in [6, 6.07) is 7.41. The highest BCUT2D eigenvalue weighted by atomic mass is 35.5. The van der Waals surface area contributed by atoms with Crippen molar-refractivity contribution in [2.24, 2.45) is 0 Å². The minimum atomic E-state index is -0.0413. The standard InChI is InChI=1S/C15H18ClN3O2/c1-10(12-6-8-13(16)9-7-12)17-14(20)4-3-5-15-18-11(2)19-21-15/h6-10H,3-5H2,1-2H3,(H,17,20)/t10-/m0/s1. The fraction of sp³-hybridized carbons (Fsp3) is 0.400. The minimum absolute atomic E-state index is 0.00804. The lowest BCUT2D eigenvalue weighted by Gasteiger charge is -2.14. The van der Waals surface area contributed by atoms with Crippen LogP contribution in [-0.2, 0) is 11.2 Å². The van der Waals surface area contributed by atoms with Gasteiger partial charge in [0, 0.05) is 17.9 Å². The van der Waals surface area contributed by atoms with Crippen molar-refractivity contribution in [1.82, 2.24) is 15.5 Å². The van der Waals surface area contributed by atoms with Gasteiger partial charge in [-0.1, -0.05) is 28.9 Å². The lowest BCUT2D eigenvalue weighted by molar-refractivity contribution is -0.121. The van der Waals surface area contributed by atoms with Crippen molar-refractivity contribution >= 4 is 17.5 Å². The summed E-state index contributed by atoms with van der Waals surface area (Å²) in [4.78, 5) is 16.0. The normalized spacial score (nSPS) is 12.1. The SMILES string of the molecule is Cc1noc(CCCC(=O)N[C@@H](C)c2ccc(Cl)cc2)n1. The summed E-state index contributed by atoms with van der Waals surface area (Å²) in [5.41, 5.74) is 1.03. The quantitative estimate of drug-likeness (QED) is 0.889. The fourth-order valence-corrected chi connectivity index (χ4v) is 2.12. The Kier molecular flexibility index (Phi) is 5.33. The highest BCUT2D eigenvalue weighted by Crippen LogP contribution is 2.16. The zero-order valence-corrected chi connectivity index (χ0v) is 12.9. The Bertz CT molecular complexity index is 595. The number of hydrogen-bond donors (Lipinski definition) is 1. The first-order chi connectivity index (χ1) is 10.0. The molecule has 1 aromatic carbocycles. The molecule has 1 N–H and O–H groups in total. The molecule has 112 valence electrons. The molecule has 0 aliphatic carbocycles. The summed E-state index contributed by atoms with van der Waals surface area (Å²) in [6.45, 7) is 3.72. The molecule has 0 fully saturated rings. The summed E-state index contributed by atoms with van der Waals surface area (Å²) in [6.07, 6.45) is 1.73. The van der Waals surface area contributed by atoms with Gasteiger partial charge >= 0.3 is 0 Å². The molecule has 0 saturated heterocycles. The molecule has 0 bridgehead atoms. The van der Waals surface area contributed by atoms with Crippen molar-refractivity contribution in [3.05, 3.63) is 46.6 Å². The maximum Gasteiger partial charge on any atom is 0.226 e. The molecular formula is C15H18ClN3O2. The van der Waals surface area contributed by atoms with Gasteiger partial charge in [-0.2, -0.15) is 4.98 Å². The van der Waals surface area contributed by atoms with Crippen LogP contribution >= 0.6 is 11.6 Å². The minimum Gasteiger partial charge on any atom is -0.350 e. The Balaban J connectivity index is 1.75. The number of nitrogens with one attached hydrogen (secondary N) is 1. The largest absolute Gasteiger partial charge is 0.350 e. The van der Waals surface area contributed by atoms with Crippen LogP contribution in [-0.4, -0.2) is 16.0 Å². The van der Waals surface area contributed by atoms with Crippen LogP contribution in [0.25, 0.3) is 0 Å². The number of hydrogen-bond acceptors (Lipinski definition) is 4. The summed E-state index contributed by atoms with van der Waals surface area (Å²) in [7, 11) is 0. The third kappa shape index (κ3) is 4.86. The average Bonchev–Trinajstić information content (AvgIpc) is 2.85. The molecule has 6 heteroatoms. The van der Waals surface area contributed by atoms with Crippen LogP contribution in [0.2, 0.25) is 5.02 Å². The van der Waals surface area contributed by atoms with Gasteiger partial charge in [0.2, 0.25) is 11.8 Å². The van der Waals surface area contributed by atoms with Gasteiger partial charge in [0.15, 0.2) is 5.82 Å². The number of rotatable bonds is 6. The summed E-state index contributed by atoms with van der Waals surface area (Å²) in [5, 5.41) is 7.36. The zero-order chi connectivity index (χ0) is 15.2. The average molecular weight is 308 g/mol. The second kappa shape index (κ2) is 7.22. The molecule has 0 aliphatic heterocycles. The van der Waals surface area contributed by atoms with E-state index >= 15 is 0 Å². The second-order valence-corrected chi connectivity index (χ2v) is 5.37. The van der Waals surface area contributed by atoms with Crippen molar-refractivity contribution in [3.8, 4) is 0 Å². The second-order valence-electron chi connectivity index (χ2n) is 4.93. The molecular weight excluding hydrogens is 290 g/mol. The third-order valence-electron chi connectivity index (χ3n) is 3.11. The number of benzene rings is 1. The van der Waals surface area contributed by atoms with Crippen LogP contribution in [0.4, 0.5) is 0 Å². The number of amides is 1. The van der Waals surface area contributed by atoms with Crippen molar-refractivity contribution in [3.63, 3.8) is 0 Å². The Hall–Kier alpha value is -1.88. The van der Waals surface area contributed by atoms with E-state index in [4.69, 9.17) is 16.1 Å². The lowest BCUT2D eigenvalue weighted by Crippen LogP contribution is -2.26. The van der Waals surface area contributed by atoms with Crippen molar-refractivity contribution in [2.45, 2.75) is 39.2 Å². The molecule has 1 amide bonds. The topological polar surface area (TPSA) is 68.0 Å². The molecule has 1 heterocycles. The van der Waals surface area contributed by atoms with Crippen LogP contribution in [0.3, 0.4) is 0 Å². The molecule has 0 radical (unpaired) electrons. The van der Waals surface area contributed by atoms with Gasteiger partial charge in [0.05, 0.1) is 6.04 Å². The van der Waals surface area contributed by atoms with E-state index in [1.54, 1.807) is 6.92 Å². The molecule has 2 aromatic rings. The molecule has 1 aromatic heterocycles. The maximum absolute atomic E-state index is 11.9. The predicted octanol–water partition coefficient (Wildman–Crippen LogP) is 3.23. The Morgan fingerprint density at radius 2 is 2.10 bits per heavy atom. The van der Waals surface area contributed by atoms with Crippen molar-refractivity contribution < 1.29 is 9.32 Å². The third-order valence-corrected chi connectivity index (χ3v) is 3.36.